The average Bonchev–Trinajstić information content (AvgIpc) is 2.46. The summed E-state index contributed by atoms with van der Waals surface area (Å²) in [5.41, 5.74) is 1.48. The van der Waals surface area contributed by atoms with E-state index in [0.29, 0.717) is 5.56 Å². The molecule has 0 atom stereocenters. The number of nitrogens with zero attached hydrogens (tertiary/aromatic N) is 1. The summed E-state index contributed by atoms with van der Waals surface area (Å²) in [5, 5.41) is 9.08. The first-order valence-electron chi connectivity index (χ1n) is 6.29. The molecule has 5 nitrogen and oxygen atoms in total. The smallest absolute Gasteiger partial charge is 0.337 e. The van der Waals surface area contributed by atoms with Gasteiger partial charge in [0.1, 0.15) is 0 Å². The molecule has 0 spiro atoms. The molecular weight excluding hydrogens is 326 g/mol. The molecule has 0 bridgehead atoms. The largest absolute Gasteiger partial charge is 0.478 e. The highest BCUT2D eigenvalue weighted by atomic mass is 35.5. The zero-order valence-corrected chi connectivity index (χ0v) is 13.5. The van der Waals surface area contributed by atoms with Gasteiger partial charge in [-0.2, -0.15) is 0 Å². The van der Waals surface area contributed by atoms with E-state index in [1.54, 1.807) is 24.3 Å². The van der Waals surface area contributed by atoms with Gasteiger partial charge in [0, 0.05) is 14.1 Å². The van der Waals surface area contributed by atoms with Crippen molar-refractivity contribution in [1.29, 1.82) is 0 Å². The van der Waals surface area contributed by atoms with Crippen molar-refractivity contribution in [2.24, 2.45) is 0 Å². The monoisotopic (exact) mass is 339 g/mol. The second-order valence-electron chi connectivity index (χ2n) is 4.81. The van der Waals surface area contributed by atoms with Crippen LogP contribution in [0, 0.1) is 0 Å². The van der Waals surface area contributed by atoms with Gasteiger partial charge in [-0.25, -0.2) is 17.5 Å². The zero-order chi connectivity index (χ0) is 16.5. The Labute approximate surface area is 133 Å². The predicted octanol–water partition coefficient (Wildman–Crippen LogP) is 2.96. The molecule has 0 aliphatic carbocycles. The molecule has 0 fully saturated rings. The van der Waals surface area contributed by atoms with Gasteiger partial charge in [0.2, 0.25) is 10.0 Å². The second kappa shape index (κ2) is 6.08. The van der Waals surface area contributed by atoms with Gasteiger partial charge in [-0.3, -0.25) is 0 Å². The van der Waals surface area contributed by atoms with Crippen LogP contribution in [0.5, 0.6) is 0 Å². The third-order valence-corrected chi connectivity index (χ3v) is 5.31. The summed E-state index contributed by atoms with van der Waals surface area (Å²) in [6.45, 7) is 0. The standard InChI is InChI=1S/C15H14ClNO4S/c1-17(2)22(20,21)12-6-3-10(4-7-12)11-5-8-13(15(18)19)14(16)9-11/h3-9H,1-2H3,(H,18,19). The molecule has 7 heteroatoms. The molecule has 0 amide bonds. The molecular formula is C15H14ClNO4S. The molecule has 22 heavy (non-hydrogen) atoms. The number of carboxylic acids is 1. The van der Waals surface area contributed by atoms with Gasteiger partial charge in [0.15, 0.2) is 0 Å². The van der Waals surface area contributed by atoms with E-state index in [1.807, 2.05) is 0 Å². The number of hydrogen-bond acceptors (Lipinski definition) is 3. The lowest BCUT2D eigenvalue weighted by molar-refractivity contribution is 0.0697. The van der Waals surface area contributed by atoms with Gasteiger partial charge in [-0.15, -0.1) is 0 Å². The molecule has 116 valence electrons. The van der Waals surface area contributed by atoms with Gasteiger partial charge in [-0.05, 0) is 35.4 Å². The van der Waals surface area contributed by atoms with Crippen LogP contribution < -0.4 is 0 Å². The molecule has 0 unspecified atom stereocenters. The maximum absolute atomic E-state index is 12.0. The SMILES string of the molecule is CN(C)S(=O)(=O)c1ccc(-c2ccc(C(=O)O)c(Cl)c2)cc1. The van der Waals surface area contributed by atoms with Gasteiger partial charge in [-0.1, -0.05) is 29.8 Å². The minimum atomic E-state index is -3.47. The fraction of sp³-hybridized carbons (Fsp3) is 0.133. The van der Waals surface area contributed by atoms with E-state index in [1.165, 1.54) is 32.3 Å². The average molecular weight is 340 g/mol. The first-order valence-corrected chi connectivity index (χ1v) is 8.11. The molecule has 0 aliphatic heterocycles. The van der Waals surface area contributed by atoms with E-state index in [-0.39, 0.29) is 15.5 Å². The Hall–Kier alpha value is -1.89. The molecule has 0 saturated heterocycles. The van der Waals surface area contributed by atoms with Crippen LogP contribution in [-0.4, -0.2) is 37.9 Å². The molecule has 1 N–H and O–H groups in total. The van der Waals surface area contributed by atoms with E-state index in [9.17, 15) is 13.2 Å². The molecule has 2 aromatic carbocycles. The maximum Gasteiger partial charge on any atom is 0.337 e. The number of halogens is 1. The highest BCUT2D eigenvalue weighted by molar-refractivity contribution is 7.89. The topological polar surface area (TPSA) is 74.7 Å². The van der Waals surface area contributed by atoms with Crippen molar-refractivity contribution in [1.82, 2.24) is 4.31 Å². The van der Waals surface area contributed by atoms with Crippen LogP contribution in [0.15, 0.2) is 47.4 Å². The van der Waals surface area contributed by atoms with Gasteiger partial charge in [0.25, 0.3) is 0 Å². The first-order chi connectivity index (χ1) is 10.2. The summed E-state index contributed by atoms with van der Waals surface area (Å²) < 4.78 is 25.1. The fourth-order valence-corrected chi connectivity index (χ4v) is 3.06. The van der Waals surface area contributed by atoms with Crippen LogP contribution in [0.3, 0.4) is 0 Å². The molecule has 2 rings (SSSR count). The lowest BCUT2D eigenvalue weighted by atomic mass is 10.0. The van der Waals surface area contributed by atoms with E-state index < -0.39 is 16.0 Å². The highest BCUT2D eigenvalue weighted by Gasteiger charge is 2.17. The maximum atomic E-state index is 12.0. The highest BCUT2D eigenvalue weighted by Crippen LogP contribution is 2.27. The summed E-state index contributed by atoms with van der Waals surface area (Å²) >= 11 is 5.94. The van der Waals surface area contributed by atoms with Crippen molar-refractivity contribution in [2.45, 2.75) is 4.90 Å². The molecule has 0 radical (unpaired) electrons. The van der Waals surface area contributed by atoms with Crippen molar-refractivity contribution in [3.8, 4) is 11.1 Å². The minimum absolute atomic E-state index is 0.0252. The van der Waals surface area contributed by atoms with Crippen LogP contribution in [0.1, 0.15) is 10.4 Å². The Morgan fingerprint density at radius 2 is 1.59 bits per heavy atom. The Bertz CT molecular complexity index is 814. The Balaban J connectivity index is 2.40. The van der Waals surface area contributed by atoms with Crippen LogP contribution in [0.2, 0.25) is 5.02 Å². The van der Waals surface area contributed by atoms with Crippen LogP contribution in [-0.2, 0) is 10.0 Å². The minimum Gasteiger partial charge on any atom is -0.478 e. The molecule has 0 saturated carbocycles. The summed E-state index contributed by atoms with van der Waals surface area (Å²) in [7, 11) is -0.541. The van der Waals surface area contributed by atoms with E-state index in [0.717, 1.165) is 9.87 Å². The van der Waals surface area contributed by atoms with E-state index in [2.05, 4.69) is 0 Å². The van der Waals surface area contributed by atoms with E-state index in [4.69, 9.17) is 16.7 Å². The summed E-state index contributed by atoms with van der Waals surface area (Å²) in [6, 6.07) is 10.9. The fourth-order valence-electron chi connectivity index (χ4n) is 1.90. The molecule has 2 aromatic rings. The van der Waals surface area contributed by atoms with Gasteiger partial charge < -0.3 is 5.11 Å². The normalized spacial score (nSPS) is 11.6. The van der Waals surface area contributed by atoms with E-state index >= 15 is 0 Å². The van der Waals surface area contributed by atoms with Crippen molar-refractivity contribution in [2.75, 3.05) is 14.1 Å². The zero-order valence-electron chi connectivity index (χ0n) is 11.9. The number of carbonyl (C=O) groups is 1. The summed E-state index contributed by atoms with van der Waals surface area (Å²) in [6.07, 6.45) is 0. The third kappa shape index (κ3) is 3.14. The van der Waals surface area contributed by atoms with Crippen LogP contribution in [0.4, 0.5) is 0 Å². The first kappa shape index (κ1) is 16.5. The van der Waals surface area contributed by atoms with Gasteiger partial charge >= 0.3 is 5.97 Å². The van der Waals surface area contributed by atoms with Crippen LogP contribution in [0.25, 0.3) is 11.1 Å². The lowest BCUT2D eigenvalue weighted by Crippen LogP contribution is -2.22. The third-order valence-electron chi connectivity index (χ3n) is 3.17. The Morgan fingerprint density at radius 3 is 2.05 bits per heavy atom. The summed E-state index contributed by atoms with van der Waals surface area (Å²) in [4.78, 5) is 11.1. The predicted molar refractivity (Wildman–Crippen MR) is 84.7 cm³/mol. The Morgan fingerprint density at radius 1 is 1.05 bits per heavy atom. The Kier molecular flexibility index (Phi) is 4.55. The second-order valence-corrected chi connectivity index (χ2v) is 7.37. The number of hydrogen-bond donors (Lipinski definition) is 1. The molecule has 0 aromatic heterocycles. The number of aromatic carboxylic acids is 1. The summed E-state index contributed by atoms with van der Waals surface area (Å²) in [5.74, 6) is -1.09. The van der Waals surface area contributed by atoms with Crippen molar-refractivity contribution in [3.63, 3.8) is 0 Å². The van der Waals surface area contributed by atoms with Crippen molar-refractivity contribution < 1.29 is 18.3 Å². The quantitative estimate of drug-likeness (QED) is 0.929. The van der Waals surface area contributed by atoms with Gasteiger partial charge in [0.05, 0.1) is 15.5 Å². The van der Waals surface area contributed by atoms with Crippen molar-refractivity contribution in [3.05, 3.63) is 53.1 Å². The number of rotatable bonds is 4. The van der Waals surface area contributed by atoms with Crippen molar-refractivity contribution >= 4 is 27.6 Å². The number of carboxylic acid groups (broad SMARTS) is 1. The molecule has 0 heterocycles. The van der Waals surface area contributed by atoms with Crippen LogP contribution >= 0.6 is 11.6 Å². The number of benzene rings is 2. The lowest BCUT2D eigenvalue weighted by Gasteiger charge is -2.12. The number of sulfonamides is 1. The molecule has 0 aliphatic rings.